The molecule has 4 heterocycles. The molecule has 11 heteroatoms. The highest BCUT2D eigenvalue weighted by Crippen LogP contribution is 2.41. The first-order chi connectivity index (χ1) is 17.2. The smallest absolute Gasteiger partial charge is 0.281 e. The van der Waals surface area contributed by atoms with E-state index in [0.717, 1.165) is 31.4 Å². The third-order valence-corrected chi connectivity index (χ3v) is 7.67. The van der Waals surface area contributed by atoms with E-state index in [1.807, 2.05) is 19.9 Å². The average molecular weight is 509 g/mol. The number of carbonyl (C=O) groups is 1. The third kappa shape index (κ3) is 4.83. The van der Waals surface area contributed by atoms with Crippen LogP contribution in [-0.4, -0.2) is 48.0 Å². The fraction of sp³-hybridized carbons (Fsp3) is 0.360. The Morgan fingerprint density at radius 3 is 2.61 bits per heavy atom. The molecule has 10 nitrogen and oxygen atoms in total. The molecule has 1 amide bonds. The number of aromatic nitrogens is 3. The second kappa shape index (κ2) is 9.38. The lowest BCUT2D eigenvalue weighted by atomic mass is 10.1. The number of ether oxygens (including phenoxy) is 1. The van der Waals surface area contributed by atoms with Crippen LogP contribution in [0.1, 0.15) is 43.5 Å². The number of rotatable bonds is 7. The van der Waals surface area contributed by atoms with Crippen molar-refractivity contribution >= 4 is 27.6 Å². The molecule has 2 bridgehead atoms. The van der Waals surface area contributed by atoms with Gasteiger partial charge >= 0.3 is 0 Å². The van der Waals surface area contributed by atoms with Gasteiger partial charge in [-0.1, -0.05) is 6.07 Å². The van der Waals surface area contributed by atoms with Gasteiger partial charge in [0.2, 0.25) is 5.88 Å². The number of pyridine rings is 3. The monoisotopic (exact) mass is 508 g/mol. The maximum absolute atomic E-state index is 13.3. The lowest BCUT2D eigenvalue weighted by Crippen LogP contribution is -2.37. The quantitative estimate of drug-likeness (QED) is 0.493. The summed E-state index contributed by atoms with van der Waals surface area (Å²) in [5.74, 6) is 0.807. The van der Waals surface area contributed by atoms with Gasteiger partial charge in [0, 0.05) is 30.4 Å². The Balaban J connectivity index is 1.48. The lowest BCUT2D eigenvalue weighted by molar-refractivity contribution is 0.0981. The number of anilines is 2. The minimum atomic E-state index is -4.22. The van der Waals surface area contributed by atoms with E-state index in [1.165, 1.54) is 18.2 Å². The molecule has 0 spiro atoms. The molecular formula is C25H28N6O4S. The summed E-state index contributed by atoms with van der Waals surface area (Å²) in [6.07, 6.45) is 4.90. The van der Waals surface area contributed by atoms with Crippen molar-refractivity contribution in [3.05, 3.63) is 54.2 Å². The van der Waals surface area contributed by atoms with Crippen LogP contribution in [0.25, 0.3) is 11.3 Å². The largest absolute Gasteiger partial charge is 0.475 e. The average Bonchev–Trinajstić information content (AvgIpc) is 3.47. The van der Waals surface area contributed by atoms with Gasteiger partial charge in [-0.15, -0.1) is 0 Å². The summed E-state index contributed by atoms with van der Waals surface area (Å²) in [6, 6.07) is 11.4. The summed E-state index contributed by atoms with van der Waals surface area (Å²) in [6.45, 7) is 4.64. The van der Waals surface area contributed by atoms with Crippen LogP contribution in [0.5, 0.6) is 5.88 Å². The van der Waals surface area contributed by atoms with Crippen molar-refractivity contribution in [1.29, 1.82) is 0 Å². The number of nitrogen functional groups attached to an aromatic ring is 1. The van der Waals surface area contributed by atoms with Gasteiger partial charge in [0.15, 0.2) is 5.03 Å². The zero-order valence-corrected chi connectivity index (χ0v) is 20.9. The fourth-order valence-electron chi connectivity index (χ4n) is 4.84. The van der Waals surface area contributed by atoms with Gasteiger partial charge < -0.3 is 15.4 Å². The number of hydrogen-bond acceptors (Lipinski definition) is 9. The lowest BCUT2D eigenvalue weighted by Gasteiger charge is -2.30. The molecule has 0 aromatic carbocycles. The first-order valence-corrected chi connectivity index (χ1v) is 13.4. The van der Waals surface area contributed by atoms with Crippen molar-refractivity contribution in [2.45, 2.75) is 50.3 Å². The number of nitrogens with one attached hydrogen (secondary N) is 1. The molecule has 3 N–H and O–H groups in total. The predicted octanol–water partition coefficient (Wildman–Crippen LogP) is 3.02. The Labute approximate surface area is 210 Å². The Morgan fingerprint density at radius 1 is 1.14 bits per heavy atom. The maximum Gasteiger partial charge on any atom is 0.281 e. The SMILES string of the molecule is CC(C)Oc1ccc(-c2ccc(C(=O)NS(=O)(=O)c3cccc(N)n3)c(N3C[C@H]4CC[C@H]3C4)n2)cn1. The van der Waals surface area contributed by atoms with Crippen LogP contribution in [0.4, 0.5) is 11.6 Å². The molecular weight excluding hydrogens is 480 g/mol. The van der Waals surface area contributed by atoms with E-state index in [9.17, 15) is 13.2 Å². The molecule has 2 atom stereocenters. The molecule has 0 radical (unpaired) electrons. The van der Waals surface area contributed by atoms with E-state index in [0.29, 0.717) is 23.3 Å². The minimum Gasteiger partial charge on any atom is -0.475 e. The van der Waals surface area contributed by atoms with Crippen LogP contribution in [0.2, 0.25) is 0 Å². The Hall–Kier alpha value is -3.73. The van der Waals surface area contributed by atoms with Crippen molar-refractivity contribution in [2.24, 2.45) is 5.92 Å². The van der Waals surface area contributed by atoms with Crippen molar-refractivity contribution in [3.63, 3.8) is 0 Å². The van der Waals surface area contributed by atoms with Crippen LogP contribution in [0.15, 0.2) is 53.7 Å². The van der Waals surface area contributed by atoms with E-state index in [1.54, 1.807) is 24.4 Å². The Bertz CT molecular complexity index is 1390. The highest BCUT2D eigenvalue weighted by Gasteiger charge is 2.40. The summed E-state index contributed by atoms with van der Waals surface area (Å²) < 4.78 is 33.4. The second-order valence-electron chi connectivity index (χ2n) is 9.44. The highest BCUT2D eigenvalue weighted by molar-refractivity contribution is 7.90. The Kier molecular flexibility index (Phi) is 6.25. The fourth-order valence-corrected chi connectivity index (χ4v) is 5.78. The molecule has 1 aliphatic carbocycles. The summed E-state index contributed by atoms with van der Waals surface area (Å²) >= 11 is 0. The predicted molar refractivity (Wildman–Crippen MR) is 135 cm³/mol. The highest BCUT2D eigenvalue weighted by atomic mass is 32.2. The van der Waals surface area contributed by atoms with Gasteiger partial charge in [-0.25, -0.2) is 19.7 Å². The Morgan fingerprint density at radius 2 is 1.97 bits per heavy atom. The number of nitrogens with two attached hydrogens (primary N) is 1. The topological polar surface area (TPSA) is 140 Å². The zero-order valence-electron chi connectivity index (χ0n) is 20.1. The van der Waals surface area contributed by atoms with Crippen molar-refractivity contribution in [2.75, 3.05) is 17.2 Å². The number of fused-ring (bicyclic) bond motifs is 2. The first kappa shape index (κ1) is 24.0. The number of piperidine rings is 1. The molecule has 1 saturated carbocycles. The standard InChI is InChI=1S/C25H28N6O4S/c1-15(2)35-22-11-7-17(13-27-22)20-10-9-19(24(28-20)31-14-16-6-8-18(31)12-16)25(32)30-36(33,34)23-5-3-4-21(26)29-23/h3-5,7,9-11,13,15-16,18H,6,8,12,14H2,1-2H3,(H2,26,29)(H,30,32)/t16-,18-/m0/s1. The first-order valence-electron chi connectivity index (χ1n) is 11.9. The van der Waals surface area contributed by atoms with Crippen molar-refractivity contribution < 1.29 is 17.9 Å². The molecule has 3 aromatic heterocycles. The summed E-state index contributed by atoms with van der Waals surface area (Å²) in [5, 5.41) is -0.322. The zero-order chi connectivity index (χ0) is 25.4. The number of nitrogens with zero attached hydrogens (tertiary/aromatic N) is 4. The number of carbonyl (C=O) groups excluding carboxylic acids is 1. The molecule has 36 heavy (non-hydrogen) atoms. The molecule has 3 aromatic rings. The van der Waals surface area contributed by atoms with E-state index in [4.69, 9.17) is 15.5 Å². The summed E-state index contributed by atoms with van der Waals surface area (Å²) in [4.78, 5) is 28.4. The van der Waals surface area contributed by atoms with E-state index in [-0.39, 0.29) is 28.6 Å². The van der Waals surface area contributed by atoms with Gasteiger partial charge in [0.25, 0.3) is 15.9 Å². The number of sulfonamides is 1. The molecule has 5 rings (SSSR count). The summed E-state index contributed by atoms with van der Waals surface area (Å²) in [5.41, 5.74) is 7.21. The van der Waals surface area contributed by atoms with Crippen LogP contribution < -0.4 is 20.1 Å². The maximum atomic E-state index is 13.3. The van der Waals surface area contributed by atoms with Crippen LogP contribution in [0.3, 0.4) is 0 Å². The molecule has 188 valence electrons. The minimum absolute atomic E-state index is 0.00951. The second-order valence-corrected chi connectivity index (χ2v) is 11.1. The number of hydrogen-bond donors (Lipinski definition) is 2. The molecule has 0 unspecified atom stereocenters. The van der Waals surface area contributed by atoms with Gasteiger partial charge in [-0.3, -0.25) is 4.79 Å². The molecule has 2 fully saturated rings. The van der Waals surface area contributed by atoms with Crippen molar-refractivity contribution in [3.8, 4) is 17.1 Å². The summed E-state index contributed by atoms with van der Waals surface area (Å²) in [7, 11) is -4.22. The van der Waals surface area contributed by atoms with Crippen LogP contribution in [-0.2, 0) is 10.0 Å². The molecule has 1 aliphatic heterocycles. The van der Waals surface area contributed by atoms with E-state index >= 15 is 0 Å². The van der Waals surface area contributed by atoms with Crippen LogP contribution in [0, 0.1) is 5.92 Å². The third-order valence-electron chi connectivity index (χ3n) is 6.44. The van der Waals surface area contributed by atoms with Gasteiger partial charge in [0.1, 0.15) is 11.6 Å². The van der Waals surface area contributed by atoms with Crippen molar-refractivity contribution in [1.82, 2.24) is 19.7 Å². The van der Waals surface area contributed by atoms with E-state index in [2.05, 4.69) is 19.6 Å². The van der Waals surface area contributed by atoms with Gasteiger partial charge in [-0.05, 0) is 69.4 Å². The van der Waals surface area contributed by atoms with Gasteiger partial charge in [0.05, 0.1) is 17.4 Å². The normalized spacial score (nSPS) is 19.0. The number of amides is 1. The van der Waals surface area contributed by atoms with E-state index < -0.39 is 15.9 Å². The molecule has 1 saturated heterocycles. The van der Waals surface area contributed by atoms with Crippen LogP contribution >= 0.6 is 0 Å². The molecule has 2 aliphatic rings. The van der Waals surface area contributed by atoms with Gasteiger partial charge in [-0.2, -0.15) is 8.42 Å².